The summed E-state index contributed by atoms with van der Waals surface area (Å²) in [6, 6.07) is 18.6. The molecule has 0 aromatic heterocycles. The fraction of sp³-hybridized carbons (Fsp3) is 0.250. The molecule has 0 spiro atoms. The Labute approximate surface area is 267 Å². The number of aryl methyl sites for hydroxylation is 3. The molecule has 0 aliphatic heterocycles. The minimum absolute atomic E-state index is 0.0956. The molecule has 15 heteroatoms. The molecule has 0 radical (unpaired) electrons. The van der Waals surface area contributed by atoms with Crippen LogP contribution in [0, 0.1) is 26.2 Å². The number of hydrogen-bond donors (Lipinski definition) is 0. The van der Waals surface area contributed by atoms with E-state index >= 15 is 0 Å². The van der Waals surface area contributed by atoms with Gasteiger partial charge in [-0.3, -0.25) is 0 Å². The smallest absolute Gasteiger partial charge is 0.431 e. The van der Waals surface area contributed by atoms with Gasteiger partial charge in [0.2, 0.25) is 0 Å². The summed E-state index contributed by atoms with van der Waals surface area (Å²) >= 11 is 0. The number of carbonyl (C=O) groups excluding carboxylic acids is 6. The Morgan fingerprint density at radius 2 is 0.660 bits per heavy atom. The van der Waals surface area contributed by atoms with E-state index < -0.39 is 61.6 Å². The Kier molecular flexibility index (Phi) is 12.6. The van der Waals surface area contributed by atoms with E-state index in [1.807, 2.05) is 20.8 Å². The van der Waals surface area contributed by atoms with Crippen LogP contribution >= 0.6 is 0 Å². The molecular formula is C32H30O15. The van der Waals surface area contributed by atoms with Gasteiger partial charge in [-0.25, -0.2) is 43.7 Å². The van der Waals surface area contributed by atoms with Crippen molar-refractivity contribution >= 4 is 36.4 Å². The predicted molar refractivity (Wildman–Crippen MR) is 155 cm³/mol. The highest BCUT2D eigenvalue weighted by Crippen LogP contribution is 2.20. The maximum atomic E-state index is 12.1. The molecule has 0 heterocycles. The largest absolute Gasteiger partial charge is 0.549 e. The van der Waals surface area contributed by atoms with Gasteiger partial charge in [-0.05, 0) is 64.1 Å². The summed E-state index contributed by atoms with van der Waals surface area (Å²) < 4.78 is 14.8. The summed E-state index contributed by atoms with van der Waals surface area (Å²) in [4.78, 5) is 99.1. The van der Waals surface area contributed by atoms with Gasteiger partial charge in [0.05, 0.1) is 22.1 Å². The second-order valence-corrected chi connectivity index (χ2v) is 10.4. The van der Waals surface area contributed by atoms with Crippen LogP contribution in [0.4, 0.5) is 14.4 Å². The number of ether oxygens (including phenoxy) is 3. The first-order valence-corrected chi connectivity index (χ1v) is 13.7. The second kappa shape index (κ2) is 16.8. The SMILES string of the molecule is Cc1ccc(C(=O)OOC(=O)OCC(C)(COC(=O)OOC(=O)c2ccc(C)cc2)COC(=O)OOC(=O)c2ccc(C)cc2)cc1. The molecule has 0 atom stereocenters. The minimum atomic E-state index is -1.54. The Balaban J connectivity index is 1.54. The van der Waals surface area contributed by atoms with Crippen molar-refractivity contribution in [1.82, 2.24) is 0 Å². The molecule has 3 aromatic carbocycles. The van der Waals surface area contributed by atoms with E-state index in [2.05, 4.69) is 29.3 Å². The van der Waals surface area contributed by atoms with Crippen LogP contribution in [0.3, 0.4) is 0 Å². The van der Waals surface area contributed by atoms with Crippen molar-refractivity contribution in [3.63, 3.8) is 0 Å². The molecule has 248 valence electrons. The van der Waals surface area contributed by atoms with Crippen LogP contribution in [0.5, 0.6) is 0 Å². The summed E-state index contributed by atoms with van der Waals surface area (Å²) in [6.45, 7) is 4.76. The van der Waals surface area contributed by atoms with E-state index in [1.165, 1.54) is 43.3 Å². The summed E-state index contributed by atoms with van der Waals surface area (Å²) in [5.74, 6) is -2.95. The zero-order chi connectivity index (χ0) is 34.4. The summed E-state index contributed by atoms with van der Waals surface area (Å²) in [6.07, 6.45) is -4.41. The summed E-state index contributed by atoms with van der Waals surface area (Å²) in [5.41, 5.74) is 1.39. The average molecular weight is 655 g/mol. The van der Waals surface area contributed by atoms with Crippen molar-refractivity contribution in [3.05, 3.63) is 106 Å². The van der Waals surface area contributed by atoms with Gasteiger partial charge in [0.1, 0.15) is 19.8 Å². The highest BCUT2D eigenvalue weighted by Gasteiger charge is 2.33. The van der Waals surface area contributed by atoms with Gasteiger partial charge in [-0.15, -0.1) is 0 Å². The van der Waals surface area contributed by atoms with E-state index in [0.717, 1.165) is 16.7 Å². The fourth-order valence-corrected chi connectivity index (χ4v) is 3.33. The van der Waals surface area contributed by atoms with E-state index in [0.29, 0.717) is 0 Å². The maximum absolute atomic E-state index is 12.1. The first kappa shape index (κ1) is 35.4. The molecule has 0 bridgehead atoms. The molecule has 0 unspecified atom stereocenters. The topological polar surface area (TPSA) is 185 Å². The zero-order valence-electron chi connectivity index (χ0n) is 25.7. The molecule has 3 aromatic rings. The van der Waals surface area contributed by atoms with Crippen LogP contribution in [0.25, 0.3) is 0 Å². The number of benzene rings is 3. The molecule has 0 aliphatic rings. The van der Waals surface area contributed by atoms with Gasteiger partial charge in [0.15, 0.2) is 0 Å². The van der Waals surface area contributed by atoms with Gasteiger partial charge >= 0.3 is 36.4 Å². The molecule has 0 amide bonds. The third-order valence-electron chi connectivity index (χ3n) is 6.03. The van der Waals surface area contributed by atoms with E-state index in [9.17, 15) is 28.8 Å². The molecule has 0 N–H and O–H groups in total. The molecule has 47 heavy (non-hydrogen) atoms. The third-order valence-corrected chi connectivity index (χ3v) is 6.03. The van der Waals surface area contributed by atoms with Crippen molar-refractivity contribution < 1.29 is 72.3 Å². The highest BCUT2D eigenvalue weighted by molar-refractivity contribution is 5.90. The lowest BCUT2D eigenvalue weighted by Gasteiger charge is -2.26. The Morgan fingerprint density at radius 1 is 0.426 bits per heavy atom. The molecule has 15 nitrogen and oxygen atoms in total. The van der Waals surface area contributed by atoms with Gasteiger partial charge in [0.25, 0.3) is 0 Å². The van der Waals surface area contributed by atoms with Gasteiger partial charge in [-0.2, -0.15) is 14.4 Å². The normalized spacial score (nSPS) is 10.5. The van der Waals surface area contributed by atoms with Crippen LogP contribution in [-0.2, 0) is 43.5 Å². The second-order valence-electron chi connectivity index (χ2n) is 10.4. The Hall–Kier alpha value is -6.12. The first-order chi connectivity index (χ1) is 22.3. The van der Waals surface area contributed by atoms with Crippen molar-refractivity contribution in [2.24, 2.45) is 5.41 Å². The number of hydrogen-bond acceptors (Lipinski definition) is 15. The third kappa shape index (κ3) is 12.1. The van der Waals surface area contributed by atoms with Crippen LogP contribution < -0.4 is 0 Å². The lowest BCUT2D eigenvalue weighted by atomic mass is 9.94. The monoisotopic (exact) mass is 654 g/mol. The fourth-order valence-electron chi connectivity index (χ4n) is 3.33. The van der Waals surface area contributed by atoms with E-state index in [-0.39, 0.29) is 16.7 Å². The maximum Gasteiger partial charge on any atom is 0.549 e. The van der Waals surface area contributed by atoms with Crippen LogP contribution in [0.2, 0.25) is 0 Å². The summed E-state index contributed by atoms with van der Waals surface area (Å²) in [5, 5.41) is 0. The molecular weight excluding hydrogens is 624 g/mol. The van der Waals surface area contributed by atoms with Gasteiger partial charge < -0.3 is 14.2 Å². The lowest BCUT2D eigenvalue weighted by Crippen LogP contribution is -2.37. The van der Waals surface area contributed by atoms with Crippen LogP contribution in [0.15, 0.2) is 72.8 Å². The van der Waals surface area contributed by atoms with Gasteiger partial charge in [-0.1, -0.05) is 53.1 Å². The predicted octanol–water partition coefficient (Wildman–Crippen LogP) is 5.69. The first-order valence-electron chi connectivity index (χ1n) is 13.7. The van der Waals surface area contributed by atoms with Crippen LogP contribution in [0.1, 0.15) is 54.7 Å². The van der Waals surface area contributed by atoms with E-state index in [4.69, 9.17) is 14.2 Å². The summed E-state index contributed by atoms with van der Waals surface area (Å²) in [7, 11) is 0. The van der Waals surface area contributed by atoms with Crippen molar-refractivity contribution in [3.8, 4) is 0 Å². The standard InChI is InChI=1S/C32H30O15/c1-20-5-11-23(12-6-20)26(33)42-45-29(36)39-17-32(4,18-40-30(37)46-43-27(34)24-13-7-21(2)8-14-24)19-41-31(38)47-44-28(35)25-15-9-22(3)10-16-25/h5-16H,17-19H2,1-4H3. The lowest BCUT2D eigenvalue weighted by molar-refractivity contribution is -0.216. The van der Waals surface area contributed by atoms with Gasteiger partial charge in [0, 0.05) is 0 Å². The van der Waals surface area contributed by atoms with Crippen LogP contribution in [-0.4, -0.2) is 56.2 Å². The highest BCUT2D eigenvalue weighted by atomic mass is 17.2. The van der Waals surface area contributed by atoms with E-state index in [1.54, 1.807) is 36.4 Å². The Bertz CT molecular complexity index is 1370. The van der Waals surface area contributed by atoms with Crippen molar-refractivity contribution in [2.75, 3.05) is 19.8 Å². The number of rotatable bonds is 9. The molecule has 0 saturated carbocycles. The molecule has 3 rings (SSSR count). The molecule has 0 saturated heterocycles. The molecule has 0 aliphatic carbocycles. The quantitative estimate of drug-likeness (QED) is 0.118. The number of carbonyl (C=O) groups is 6. The van der Waals surface area contributed by atoms with Crippen molar-refractivity contribution in [2.45, 2.75) is 27.7 Å². The zero-order valence-corrected chi connectivity index (χ0v) is 25.7. The Morgan fingerprint density at radius 3 is 0.894 bits per heavy atom. The molecule has 0 fully saturated rings. The minimum Gasteiger partial charge on any atom is -0.431 e. The average Bonchev–Trinajstić information content (AvgIpc) is 3.06. The van der Waals surface area contributed by atoms with Crippen molar-refractivity contribution in [1.29, 1.82) is 0 Å².